The van der Waals surface area contributed by atoms with Crippen molar-refractivity contribution in [2.24, 2.45) is 0 Å². The highest BCUT2D eigenvalue weighted by Gasteiger charge is 2.14. The van der Waals surface area contributed by atoms with Gasteiger partial charge in [0.15, 0.2) is 5.69 Å². The number of carbonyl (C=O) groups is 1. The molecule has 140 valence electrons. The summed E-state index contributed by atoms with van der Waals surface area (Å²) in [5.41, 5.74) is 3.13. The molecule has 2 rings (SSSR count). The van der Waals surface area contributed by atoms with E-state index in [1.807, 2.05) is 39.8 Å². The second kappa shape index (κ2) is 8.17. The maximum atomic E-state index is 12.4. The monoisotopic (exact) mass is 355 g/mol. The Morgan fingerprint density at radius 2 is 1.77 bits per heavy atom. The quantitative estimate of drug-likeness (QED) is 0.816. The Hall–Kier alpha value is -2.63. The fourth-order valence-corrected chi connectivity index (χ4v) is 2.66. The predicted molar refractivity (Wildman–Crippen MR) is 108 cm³/mol. The van der Waals surface area contributed by atoms with Gasteiger partial charge in [-0.2, -0.15) is 0 Å². The third-order valence-corrected chi connectivity index (χ3v) is 3.99. The van der Waals surface area contributed by atoms with E-state index in [-0.39, 0.29) is 17.1 Å². The van der Waals surface area contributed by atoms with Crippen molar-refractivity contribution in [2.75, 3.05) is 28.6 Å². The first-order valence-corrected chi connectivity index (χ1v) is 9.02. The zero-order valence-electron chi connectivity index (χ0n) is 16.6. The number of aryl methyl sites for hydroxylation is 1. The van der Waals surface area contributed by atoms with Crippen LogP contribution in [0, 0.1) is 6.92 Å². The second-order valence-electron chi connectivity index (χ2n) is 7.30. The summed E-state index contributed by atoms with van der Waals surface area (Å²) in [6.07, 6.45) is 0. The number of nitrogens with one attached hydrogen (secondary N) is 2. The van der Waals surface area contributed by atoms with Gasteiger partial charge in [-0.25, -0.2) is 0 Å². The average Bonchev–Trinajstić information content (AvgIpc) is 2.57. The molecular formula is C20H29N5O. The van der Waals surface area contributed by atoms with Crippen LogP contribution in [0.3, 0.4) is 0 Å². The van der Waals surface area contributed by atoms with Crippen molar-refractivity contribution in [1.82, 2.24) is 10.2 Å². The normalized spacial score (nSPS) is 11.2. The van der Waals surface area contributed by atoms with Gasteiger partial charge in [-0.3, -0.25) is 4.79 Å². The minimum Gasteiger partial charge on any atom is -0.372 e. The maximum Gasteiger partial charge on any atom is 0.276 e. The van der Waals surface area contributed by atoms with Gasteiger partial charge in [0.25, 0.3) is 5.91 Å². The number of aromatic nitrogens is 2. The molecule has 0 saturated carbocycles. The van der Waals surface area contributed by atoms with Crippen LogP contribution in [-0.4, -0.2) is 34.7 Å². The summed E-state index contributed by atoms with van der Waals surface area (Å²) < 4.78 is 0. The molecule has 0 atom stereocenters. The lowest BCUT2D eigenvalue weighted by atomic mass is 10.1. The minimum atomic E-state index is -0.265. The molecule has 0 radical (unpaired) electrons. The number of hydrogen-bond donors (Lipinski definition) is 2. The number of carbonyl (C=O) groups excluding carboxylic acids is 1. The van der Waals surface area contributed by atoms with Crippen molar-refractivity contribution in [3.8, 4) is 0 Å². The molecule has 6 heteroatoms. The van der Waals surface area contributed by atoms with E-state index in [0.717, 1.165) is 30.0 Å². The first kappa shape index (κ1) is 19.7. The highest BCUT2D eigenvalue weighted by atomic mass is 16.1. The molecule has 0 spiro atoms. The Bertz CT molecular complexity index is 746. The summed E-state index contributed by atoms with van der Waals surface area (Å²) in [5.74, 6) is 0.382. The molecule has 2 N–H and O–H groups in total. The van der Waals surface area contributed by atoms with Crippen LogP contribution in [0.2, 0.25) is 0 Å². The summed E-state index contributed by atoms with van der Waals surface area (Å²) >= 11 is 0. The molecule has 1 heterocycles. The number of anilines is 3. The smallest absolute Gasteiger partial charge is 0.276 e. The average molecular weight is 355 g/mol. The van der Waals surface area contributed by atoms with E-state index in [1.54, 1.807) is 12.1 Å². The molecular weight excluding hydrogens is 326 g/mol. The molecule has 6 nitrogen and oxygen atoms in total. The van der Waals surface area contributed by atoms with Gasteiger partial charge in [0.1, 0.15) is 5.82 Å². The summed E-state index contributed by atoms with van der Waals surface area (Å²) in [6, 6.07) is 9.49. The van der Waals surface area contributed by atoms with Crippen molar-refractivity contribution >= 4 is 23.1 Å². The largest absolute Gasteiger partial charge is 0.372 e. The topological polar surface area (TPSA) is 70.2 Å². The summed E-state index contributed by atoms with van der Waals surface area (Å²) in [5, 5.41) is 14.2. The summed E-state index contributed by atoms with van der Waals surface area (Å²) in [4.78, 5) is 14.7. The number of hydrogen-bond acceptors (Lipinski definition) is 5. The second-order valence-corrected chi connectivity index (χ2v) is 7.30. The fourth-order valence-electron chi connectivity index (χ4n) is 2.66. The van der Waals surface area contributed by atoms with Crippen molar-refractivity contribution in [1.29, 1.82) is 0 Å². The van der Waals surface area contributed by atoms with Crippen molar-refractivity contribution in [3.63, 3.8) is 0 Å². The third-order valence-electron chi connectivity index (χ3n) is 3.99. The molecule has 0 fully saturated rings. The minimum absolute atomic E-state index is 0.109. The molecule has 1 aromatic heterocycles. The zero-order valence-corrected chi connectivity index (χ0v) is 16.6. The fraction of sp³-hybridized carbons (Fsp3) is 0.450. The number of benzene rings is 1. The molecule has 26 heavy (non-hydrogen) atoms. The molecule has 0 aliphatic carbocycles. The third kappa shape index (κ3) is 5.18. The Labute approximate surface area is 156 Å². The van der Waals surface area contributed by atoms with Gasteiger partial charge in [0.05, 0.1) is 0 Å². The van der Waals surface area contributed by atoms with E-state index in [1.165, 1.54) is 0 Å². The Morgan fingerprint density at radius 3 is 2.27 bits per heavy atom. The van der Waals surface area contributed by atoms with Gasteiger partial charge in [-0.15, -0.1) is 10.2 Å². The van der Waals surface area contributed by atoms with E-state index in [9.17, 15) is 4.79 Å². The predicted octanol–water partition coefficient (Wildman–Crippen LogP) is 4.09. The van der Waals surface area contributed by atoms with E-state index >= 15 is 0 Å². The Balaban J connectivity index is 2.10. The highest BCUT2D eigenvalue weighted by Crippen LogP contribution is 2.23. The molecule has 1 aromatic carbocycles. The number of nitrogens with zero attached hydrogens (tertiary/aromatic N) is 3. The SMILES string of the molecule is CCN(CC)c1ccc(NC(=O)c2ccc(NC(C)(C)C)nn2)c(C)c1. The van der Waals surface area contributed by atoms with E-state index in [0.29, 0.717) is 5.82 Å². The van der Waals surface area contributed by atoms with Gasteiger partial charge >= 0.3 is 0 Å². The number of rotatable bonds is 6. The van der Waals surface area contributed by atoms with Crippen molar-refractivity contribution < 1.29 is 4.79 Å². The van der Waals surface area contributed by atoms with Crippen molar-refractivity contribution in [2.45, 2.75) is 47.1 Å². The molecule has 2 aromatic rings. The molecule has 0 aliphatic rings. The van der Waals surface area contributed by atoms with E-state index < -0.39 is 0 Å². The van der Waals surface area contributed by atoms with Crippen LogP contribution >= 0.6 is 0 Å². The van der Waals surface area contributed by atoms with Gasteiger partial charge in [-0.05, 0) is 77.4 Å². The lowest BCUT2D eigenvalue weighted by Crippen LogP contribution is -2.27. The molecule has 0 aliphatic heterocycles. The van der Waals surface area contributed by atoms with Gasteiger partial charge < -0.3 is 15.5 Å². The van der Waals surface area contributed by atoms with Crippen LogP contribution in [0.1, 0.15) is 50.7 Å². The Morgan fingerprint density at radius 1 is 1.08 bits per heavy atom. The van der Waals surface area contributed by atoms with Crippen molar-refractivity contribution in [3.05, 3.63) is 41.6 Å². The highest BCUT2D eigenvalue weighted by molar-refractivity contribution is 6.03. The van der Waals surface area contributed by atoms with Crippen LogP contribution in [-0.2, 0) is 0 Å². The van der Waals surface area contributed by atoms with Gasteiger partial charge in [0.2, 0.25) is 0 Å². The lowest BCUT2D eigenvalue weighted by molar-refractivity contribution is 0.102. The van der Waals surface area contributed by atoms with Gasteiger partial charge in [0, 0.05) is 30.0 Å². The van der Waals surface area contributed by atoms with Crippen LogP contribution in [0.5, 0.6) is 0 Å². The van der Waals surface area contributed by atoms with Crippen LogP contribution < -0.4 is 15.5 Å². The molecule has 0 saturated heterocycles. The number of amides is 1. The first-order valence-electron chi connectivity index (χ1n) is 9.02. The van der Waals surface area contributed by atoms with Crippen LogP contribution in [0.4, 0.5) is 17.2 Å². The lowest BCUT2D eigenvalue weighted by Gasteiger charge is -2.22. The molecule has 0 bridgehead atoms. The van der Waals surface area contributed by atoms with Gasteiger partial charge in [-0.1, -0.05) is 0 Å². The molecule has 1 amide bonds. The Kier molecular flexibility index (Phi) is 6.18. The standard InChI is InChI=1S/C20H29N5O/c1-7-25(8-2)15-9-10-16(14(3)13-15)21-19(26)17-11-12-18(24-23-17)22-20(4,5)6/h9-13H,7-8H2,1-6H3,(H,21,26)(H,22,24). The summed E-state index contributed by atoms with van der Waals surface area (Å²) in [7, 11) is 0. The van der Waals surface area contributed by atoms with Crippen LogP contribution in [0.15, 0.2) is 30.3 Å². The first-order chi connectivity index (χ1) is 12.2. The zero-order chi connectivity index (χ0) is 19.3. The summed E-state index contributed by atoms with van der Waals surface area (Å²) in [6.45, 7) is 14.3. The maximum absolute atomic E-state index is 12.4. The van der Waals surface area contributed by atoms with E-state index in [4.69, 9.17) is 0 Å². The van der Waals surface area contributed by atoms with E-state index in [2.05, 4.69) is 45.6 Å². The van der Waals surface area contributed by atoms with Crippen LogP contribution in [0.25, 0.3) is 0 Å². The molecule has 0 unspecified atom stereocenters.